The van der Waals surface area contributed by atoms with E-state index in [9.17, 15) is 19.8 Å². The standard InChI is InChI=1S/C19H24ClN3O6S2/c1-6-21(2)17(26)19-15(25)18(27)9-7-10(20)13(28-4)14(29-5)12(9)22(3)16(18)23(19)11(24)8-30-31-19/h7,15-16,25,27H,6,8H2,1-5H3. The van der Waals surface area contributed by atoms with E-state index in [-0.39, 0.29) is 33.7 Å². The number of benzene rings is 1. The Morgan fingerprint density at radius 3 is 2.61 bits per heavy atom. The van der Waals surface area contributed by atoms with Crippen molar-refractivity contribution in [1.29, 1.82) is 0 Å². The summed E-state index contributed by atoms with van der Waals surface area (Å²) in [5.41, 5.74) is -1.27. The van der Waals surface area contributed by atoms with Gasteiger partial charge in [-0.05, 0) is 13.0 Å². The first kappa shape index (κ1) is 22.7. The van der Waals surface area contributed by atoms with E-state index in [0.717, 1.165) is 10.8 Å². The van der Waals surface area contributed by atoms with Gasteiger partial charge < -0.3 is 29.5 Å². The fourth-order valence-electron chi connectivity index (χ4n) is 4.78. The molecule has 1 aromatic rings. The number of carbonyl (C=O) groups is 2. The molecule has 3 aliphatic heterocycles. The molecule has 2 N–H and O–H groups in total. The van der Waals surface area contributed by atoms with Crippen LogP contribution in [0.4, 0.5) is 5.69 Å². The summed E-state index contributed by atoms with van der Waals surface area (Å²) in [6.45, 7) is 2.18. The maximum atomic E-state index is 13.5. The van der Waals surface area contributed by atoms with Crippen LogP contribution >= 0.6 is 33.2 Å². The largest absolute Gasteiger partial charge is 0.491 e. The number of carbonyl (C=O) groups excluding carboxylic acids is 2. The van der Waals surface area contributed by atoms with Gasteiger partial charge in [-0.1, -0.05) is 33.2 Å². The first-order chi connectivity index (χ1) is 14.6. The number of rotatable bonds is 4. The van der Waals surface area contributed by atoms with Gasteiger partial charge >= 0.3 is 0 Å². The second kappa shape index (κ2) is 7.51. The quantitative estimate of drug-likeness (QED) is 0.601. The van der Waals surface area contributed by atoms with Crippen molar-refractivity contribution in [3.8, 4) is 11.5 Å². The van der Waals surface area contributed by atoms with Gasteiger partial charge in [0.15, 0.2) is 17.1 Å². The molecule has 0 spiro atoms. The third-order valence-electron chi connectivity index (χ3n) is 6.27. The van der Waals surface area contributed by atoms with Gasteiger partial charge in [0.05, 0.1) is 30.7 Å². The Morgan fingerprint density at radius 1 is 1.39 bits per heavy atom. The third kappa shape index (κ3) is 2.61. The van der Waals surface area contributed by atoms with Gasteiger partial charge in [0, 0.05) is 26.2 Å². The topological polar surface area (TPSA) is 103 Å². The Balaban J connectivity index is 2.00. The second-order valence-electron chi connectivity index (χ2n) is 7.66. The van der Waals surface area contributed by atoms with E-state index in [1.807, 2.05) is 0 Å². The van der Waals surface area contributed by atoms with E-state index in [1.165, 1.54) is 40.9 Å². The lowest BCUT2D eigenvalue weighted by molar-refractivity contribution is -0.148. The molecule has 0 radical (unpaired) electrons. The number of anilines is 1. The Morgan fingerprint density at radius 2 is 2.03 bits per heavy atom. The maximum Gasteiger partial charge on any atom is 0.262 e. The summed E-state index contributed by atoms with van der Waals surface area (Å²) >= 11 is 6.41. The van der Waals surface area contributed by atoms with Crippen molar-refractivity contribution in [1.82, 2.24) is 9.80 Å². The summed E-state index contributed by atoms with van der Waals surface area (Å²) in [5.74, 6) is -0.136. The van der Waals surface area contributed by atoms with Crippen LogP contribution in [-0.4, -0.2) is 89.6 Å². The van der Waals surface area contributed by atoms with Gasteiger partial charge in [0.1, 0.15) is 12.3 Å². The Kier molecular flexibility index (Phi) is 5.49. The fraction of sp³-hybridized carbons (Fsp3) is 0.579. The van der Waals surface area contributed by atoms with Crippen molar-refractivity contribution in [2.24, 2.45) is 0 Å². The first-order valence-corrected chi connectivity index (χ1v) is 12.3. The number of halogens is 1. The predicted octanol–water partition coefficient (Wildman–Crippen LogP) is 1.09. The molecule has 1 aromatic carbocycles. The van der Waals surface area contributed by atoms with E-state index in [1.54, 1.807) is 25.9 Å². The number of aliphatic hydroxyl groups is 2. The van der Waals surface area contributed by atoms with Crippen LogP contribution in [0.15, 0.2) is 6.07 Å². The number of aliphatic hydroxyl groups excluding tert-OH is 1. The predicted molar refractivity (Wildman–Crippen MR) is 120 cm³/mol. The molecule has 2 amide bonds. The van der Waals surface area contributed by atoms with Crippen molar-refractivity contribution >= 4 is 50.7 Å². The molecule has 31 heavy (non-hydrogen) atoms. The Labute approximate surface area is 193 Å². The molecule has 3 heterocycles. The van der Waals surface area contributed by atoms with E-state index in [2.05, 4.69) is 0 Å². The van der Waals surface area contributed by atoms with Crippen LogP contribution in [0, 0.1) is 0 Å². The van der Waals surface area contributed by atoms with Gasteiger partial charge in [-0.25, -0.2) is 0 Å². The fourth-order valence-corrected chi connectivity index (χ4v) is 8.06. The van der Waals surface area contributed by atoms with Crippen molar-refractivity contribution in [2.75, 3.05) is 45.5 Å². The van der Waals surface area contributed by atoms with Crippen LogP contribution in [0.1, 0.15) is 12.5 Å². The molecule has 4 rings (SSSR count). The zero-order valence-electron chi connectivity index (χ0n) is 17.7. The molecule has 12 heteroatoms. The number of fused-ring (bicyclic) bond motifs is 5. The minimum absolute atomic E-state index is 0.111. The Bertz CT molecular complexity index is 967. The van der Waals surface area contributed by atoms with Gasteiger partial charge in [-0.2, -0.15) is 0 Å². The summed E-state index contributed by atoms with van der Waals surface area (Å²) in [7, 11) is 8.46. The van der Waals surface area contributed by atoms with Crippen LogP contribution in [0.5, 0.6) is 11.5 Å². The molecule has 9 nitrogen and oxygen atoms in total. The van der Waals surface area contributed by atoms with E-state index < -0.39 is 28.6 Å². The SMILES string of the molecule is CCN(C)C(=O)C12SSCC(=O)N1C1N(C)c3c(cc(Cl)c(OC)c3OC)C1(O)C2O. The van der Waals surface area contributed by atoms with E-state index >= 15 is 0 Å². The normalized spacial score (nSPS) is 31.3. The minimum Gasteiger partial charge on any atom is -0.491 e. The highest BCUT2D eigenvalue weighted by Crippen LogP contribution is 2.65. The summed E-state index contributed by atoms with van der Waals surface area (Å²) in [5, 5.41) is 23.8. The lowest BCUT2D eigenvalue weighted by Gasteiger charge is -2.45. The van der Waals surface area contributed by atoms with Crippen LogP contribution in [0.3, 0.4) is 0 Å². The zero-order chi connectivity index (χ0) is 22.9. The number of hydrogen-bond acceptors (Lipinski definition) is 9. The van der Waals surface area contributed by atoms with Gasteiger partial charge in [-0.3, -0.25) is 14.5 Å². The maximum absolute atomic E-state index is 13.5. The second-order valence-corrected chi connectivity index (χ2v) is 10.6. The van der Waals surface area contributed by atoms with Crippen LogP contribution in [0.2, 0.25) is 5.02 Å². The minimum atomic E-state index is -1.98. The van der Waals surface area contributed by atoms with Crippen LogP contribution < -0.4 is 14.4 Å². The Hall–Kier alpha value is -1.53. The third-order valence-corrected chi connectivity index (χ3v) is 9.35. The smallest absolute Gasteiger partial charge is 0.262 e. The lowest BCUT2D eigenvalue weighted by Crippen LogP contribution is -2.64. The summed E-state index contributed by atoms with van der Waals surface area (Å²) in [6.07, 6.45) is -2.66. The average molecular weight is 490 g/mol. The number of hydrogen-bond donors (Lipinski definition) is 2. The highest BCUT2D eigenvalue weighted by Gasteiger charge is 2.77. The molecule has 0 aliphatic carbocycles. The van der Waals surface area contributed by atoms with Gasteiger partial charge in [-0.15, -0.1) is 0 Å². The number of ether oxygens (including phenoxy) is 2. The molecule has 3 aliphatic rings. The molecule has 0 saturated carbocycles. The lowest BCUT2D eigenvalue weighted by atomic mass is 9.87. The monoisotopic (exact) mass is 489 g/mol. The summed E-state index contributed by atoms with van der Waals surface area (Å²) in [6, 6.07) is 1.50. The van der Waals surface area contributed by atoms with Gasteiger partial charge in [0.25, 0.3) is 5.91 Å². The number of methoxy groups -OCH3 is 2. The molecule has 4 atom stereocenters. The molecule has 4 unspecified atom stereocenters. The van der Waals surface area contributed by atoms with Crippen LogP contribution in [0.25, 0.3) is 0 Å². The molecule has 2 fully saturated rings. The average Bonchev–Trinajstić information content (AvgIpc) is 3.11. The van der Waals surface area contributed by atoms with Crippen molar-refractivity contribution < 1.29 is 29.3 Å². The van der Waals surface area contributed by atoms with E-state index in [4.69, 9.17) is 21.1 Å². The first-order valence-electron chi connectivity index (χ1n) is 9.59. The van der Waals surface area contributed by atoms with Crippen molar-refractivity contribution in [3.05, 3.63) is 16.7 Å². The van der Waals surface area contributed by atoms with E-state index in [0.29, 0.717) is 12.2 Å². The van der Waals surface area contributed by atoms with Crippen molar-refractivity contribution in [2.45, 2.75) is 29.7 Å². The number of likely N-dealkylation sites (N-methyl/N-ethyl adjacent to an activating group) is 2. The molecular formula is C19H24ClN3O6S2. The number of nitrogens with zero attached hydrogens (tertiary/aromatic N) is 3. The molecule has 170 valence electrons. The van der Waals surface area contributed by atoms with Gasteiger partial charge in [0.2, 0.25) is 10.8 Å². The van der Waals surface area contributed by atoms with Crippen molar-refractivity contribution in [3.63, 3.8) is 0 Å². The molecule has 0 aromatic heterocycles. The summed E-state index contributed by atoms with van der Waals surface area (Å²) < 4.78 is 10.9. The molecular weight excluding hydrogens is 466 g/mol. The highest BCUT2D eigenvalue weighted by molar-refractivity contribution is 8.77. The summed E-state index contributed by atoms with van der Waals surface area (Å²) in [4.78, 5) is 29.4. The molecule has 0 bridgehead atoms. The number of amides is 2. The highest BCUT2D eigenvalue weighted by atomic mass is 35.5. The molecule has 2 saturated heterocycles. The zero-order valence-corrected chi connectivity index (χ0v) is 20.1. The van der Waals surface area contributed by atoms with Crippen LogP contribution in [-0.2, 0) is 15.2 Å².